The molecule has 4 rings (SSSR count). The SMILES string of the molecule is CC1(C)Sc2cc3c(Nc4ccc(O)c(C#N)c4)ccnc3cc2C1=O. The number of fused-ring (bicyclic) bond motifs is 2. The van der Waals surface area contributed by atoms with E-state index in [0.717, 1.165) is 21.5 Å². The smallest absolute Gasteiger partial charge is 0.179 e. The van der Waals surface area contributed by atoms with E-state index in [9.17, 15) is 9.90 Å². The summed E-state index contributed by atoms with van der Waals surface area (Å²) < 4.78 is -0.466. The number of benzene rings is 2. The lowest BCUT2D eigenvalue weighted by Crippen LogP contribution is -2.22. The fourth-order valence-corrected chi connectivity index (χ4v) is 4.24. The van der Waals surface area contributed by atoms with Crippen molar-refractivity contribution < 1.29 is 9.90 Å². The summed E-state index contributed by atoms with van der Waals surface area (Å²) in [5.41, 5.74) is 3.17. The van der Waals surface area contributed by atoms with E-state index in [-0.39, 0.29) is 17.1 Å². The van der Waals surface area contributed by atoms with E-state index in [1.165, 1.54) is 6.07 Å². The van der Waals surface area contributed by atoms with E-state index in [1.807, 2.05) is 38.1 Å². The molecule has 0 aliphatic carbocycles. The van der Waals surface area contributed by atoms with Crippen LogP contribution in [0, 0.1) is 11.3 Å². The molecule has 1 aromatic heterocycles. The standard InChI is InChI=1S/C20H15N3O2S/c1-20(2)19(25)14-8-16-13(9-18(14)26-20)15(5-6-22-16)23-12-3-4-17(24)11(7-12)10-21/h3-9,24H,1-2H3,(H,22,23). The van der Waals surface area contributed by atoms with Gasteiger partial charge in [-0.15, -0.1) is 11.8 Å². The van der Waals surface area contributed by atoms with E-state index >= 15 is 0 Å². The molecule has 5 nitrogen and oxygen atoms in total. The van der Waals surface area contributed by atoms with Crippen LogP contribution in [0.5, 0.6) is 5.75 Å². The van der Waals surface area contributed by atoms with Gasteiger partial charge in [0.25, 0.3) is 0 Å². The zero-order valence-corrected chi connectivity index (χ0v) is 15.0. The maximum atomic E-state index is 12.5. The summed E-state index contributed by atoms with van der Waals surface area (Å²) in [6.45, 7) is 3.86. The molecular weight excluding hydrogens is 346 g/mol. The number of rotatable bonds is 2. The number of ketones is 1. The molecule has 128 valence electrons. The Morgan fingerprint density at radius 2 is 2.04 bits per heavy atom. The Balaban J connectivity index is 1.80. The van der Waals surface area contributed by atoms with E-state index < -0.39 is 4.75 Å². The number of phenolic OH excluding ortho intramolecular Hbond substituents is 1. The van der Waals surface area contributed by atoms with Gasteiger partial charge >= 0.3 is 0 Å². The van der Waals surface area contributed by atoms with Gasteiger partial charge in [-0.2, -0.15) is 5.26 Å². The molecule has 0 radical (unpaired) electrons. The molecule has 0 amide bonds. The summed E-state index contributed by atoms with van der Waals surface area (Å²) >= 11 is 1.56. The molecule has 0 saturated carbocycles. The first kappa shape index (κ1) is 16.4. The van der Waals surface area contributed by atoms with Crippen LogP contribution in [0.15, 0.2) is 47.5 Å². The number of nitrogens with one attached hydrogen (secondary N) is 1. The van der Waals surface area contributed by atoms with Crippen molar-refractivity contribution in [3.05, 3.63) is 53.7 Å². The normalized spacial score (nSPS) is 14.9. The highest BCUT2D eigenvalue weighted by molar-refractivity contribution is 8.02. The Hall–Kier alpha value is -3.04. The number of carbonyl (C=O) groups excluding carboxylic acids is 1. The molecule has 0 spiro atoms. The van der Waals surface area contributed by atoms with Crippen molar-refractivity contribution in [2.75, 3.05) is 5.32 Å². The monoisotopic (exact) mass is 361 g/mol. The van der Waals surface area contributed by atoms with E-state index in [0.29, 0.717) is 11.3 Å². The van der Waals surface area contributed by atoms with Gasteiger partial charge in [0.1, 0.15) is 11.8 Å². The van der Waals surface area contributed by atoms with Crippen LogP contribution in [0.2, 0.25) is 0 Å². The lowest BCUT2D eigenvalue weighted by Gasteiger charge is -2.12. The molecule has 26 heavy (non-hydrogen) atoms. The van der Waals surface area contributed by atoms with Gasteiger partial charge in [0.05, 0.1) is 15.8 Å². The molecule has 1 aliphatic rings. The van der Waals surface area contributed by atoms with Gasteiger partial charge < -0.3 is 10.4 Å². The minimum Gasteiger partial charge on any atom is -0.507 e. The predicted molar refractivity (Wildman–Crippen MR) is 102 cm³/mol. The van der Waals surface area contributed by atoms with Crippen LogP contribution < -0.4 is 5.32 Å². The van der Waals surface area contributed by atoms with Gasteiger partial charge in [-0.05, 0) is 50.2 Å². The van der Waals surface area contributed by atoms with Crippen molar-refractivity contribution >= 4 is 39.8 Å². The van der Waals surface area contributed by atoms with Crippen LogP contribution in [0.3, 0.4) is 0 Å². The molecule has 2 N–H and O–H groups in total. The summed E-state index contributed by atoms with van der Waals surface area (Å²) in [6.07, 6.45) is 1.68. The average Bonchev–Trinajstić information content (AvgIpc) is 2.84. The van der Waals surface area contributed by atoms with Crippen LogP contribution in [-0.4, -0.2) is 20.6 Å². The molecule has 0 atom stereocenters. The fourth-order valence-electron chi connectivity index (χ4n) is 3.05. The summed E-state index contributed by atoms with van der Waals surface area (Å²) in [5, 5.41) is 22.9. The summed E-state index contributed by atoms with van der Waals surface area (Å²) in [7, 11) is 0. The maximum Gasteiger partial charge on any atom is 0.179 e. The first-order chi connectivity index (χ1) is 12.4. The van der Waals surface area contributed by atoms with Crippen LogP contribution in [0.25, 0.3) is 10.9 Å². The Morgan fingerprint density at radius 3 is 2.81 bits per heavy atom. The van der Waals surface area contributed by atoms with E-state index in [1.54, 1.807) is 30.1 Å². The largest absolute Gasteiger partial charge is 0.507 e. The molecule has 1 aliphatic heterocycles. The lowest BCUT2D eigenvalue weighted by atomic mass is 9.99. The Kier molecular flexibility index (Phi) is 3.63. The number of aromatic nitrogens is 1. The zero-order chi connectivity index (χ0) is 18.5. The quantitative estimate of drug-likeness (QED) is 0.648. The van der Waals surface area contributed by atoms with Gasteiger partial charge in [-0.3, -0.25) is 9.78 Å². The van der Waals surface area contributed by atoms with Gasteiger partial charge in [0, 0.05) is 33.4 Å². The van der Waals surface area contributed by atoms with Crippen molar-refractivity contribution in [1.82, 2.24) is 4.98 Å². The van der Waals surface area contributed by atoms with Crippen molar-refractivity contribution in [3.63, 3.8) is 0 Å². The number of anilines is 2. The molecule has 3 aromatic rings. The highest BCUT2D eigenvalue weighted by atomic mass is 32.2. The van der Waals surface area contributed by atoms with Crippen molar-refractivity contribution in [2.24, 2.45) is 0 Å². The third-order valence-electron chi connectivity index (χ3n) is 4.40. The predicted octanol–water partition coefficient (Wildman–Crippen LogP) is 4.62. The Morgan fingerprint density at radius 1 is 1.23 bits per heavy atom. The van der Waals surface area contributed by atoms with E-state index in [2.05, 4.69) is 10.3 Å². The highest BCUT2D eigenvalue weighted by Gasteiger charge is 2.38. The molecule has 6 heteroatoms. The number of phenols is 1. The second-order valence-corrected chi connectivity index (χ2v) is 8.30. The molecule has 0 unspecified atom stereocenters. The Labute approximate surface area is 154 Å². The van der Waals surface area contributed by atoms with E-state index in [4.69, 9.17) is 5.26 Å². The summed E-state index contributed by atoms with van der Waals surface area (Å²) in [4.78, 5) is 17.9. The third kappa shape index (κ3) is 2.57. The lowest BCUT2D eigenvalue weighted by molar-refractivity contribution is 0.0961. The topological polar surface area (TPSA) is 86.0 Å². The fraction of sp³-hybridized carbons (Fsp3) is 0.150. The van der Waals surface area contributed by atoms with Gasteiger partial charge in [0.2, 0.25) is 0 Å². The summed E-state index contributed by atoms with van der Waals surface area (Å²) in [5.74, 6) is 0.0735. The third-order valence-corrected chi connectivity index (χ3v) is 5.65. The van der Waals surface area contributed by atoms with Crippen molar-refractivity contribution in [3.8, 4) is 11.8 Å². The second kappa shape index (κ2) is 5.75. The minimum absolute atomic E-state index is 0.0485. The second-order valence-electron chi connectivity index (χ2n) is 6.63. The minimum atomic E-state index is -0.466. The van der Waals surface area contributed by atoms with Gasteiger partial charge in [-0.1, -0.05) is 0 Å². The molecular formula is C20H15N3O2S. The van der Waals surface area contributed by atoms with Gasteiger partial charge in [-0.25, -0.2) is 0 Å². The van der Waals surface area contributed by atoms with Crippen LogP contribution in [0.1, 0.15) is 29.8 Å². The number of aromatic hydroxyl groups is 1. The van der Waals surface area contributed by atoms with Gasteiger partial charge in [0.15, 0.2) is 5.78 Å². The number of hydrogen-bond acceptors (Lipinski definition) is 6. The molecule has 0 saturated heterocycles. The molecule has 0 bridgehead atoms. The maximum absolute atomic E-state index is 12.5. The number of nitriles is 1. The number of nitrogens with zero attached hydrogens (tertiary/aromatic N) is 2. The highest BCUT2D eigenvalue weighted by Crippen LogP contribution is 2.46. The molecule has 2 aromatic carbocycles. The number of thioether (sulfide) groups is 1. The van der Waals surface area contributed by atoms with Crippen molar-refractivity contribution in [2.45, 2.75) is 23.5 Å². The zero-order valence-electron chi connectivity index (χ0n) is 14.2. The number of Topliss-reactive ketones (excluding diaryl/α,β-unsaturated/α-hetero) is 1. The molecule has 0 fully saturated rings. The molecule has 2 heterocycles. The first-order valence-corrected chi connectivity index (χ1v) is 8.87. The average molecular weight is 361 g/mol. The summed E-state index contributed by atoms with van der Waals surface area (Å²) in [6, 6.07) is 12.4. The van der Waals surface area contributed by atoms with Crippen LogP contribution in [-0.2, 0) is 0 Å². The first-order valence-electron chi connectivity index (χ1n) is 8.06. The number of carbonyl (C=O) groups is 1. The van der Waals surface area contributed by atoms with Crippen molar-refractivity contribution in [1.29, 1.82) is 5.26 Å². The number of hydrogen-bond donors (Lipinski definition) is 2. The van der Waals surface area contributed by atoms with Crippen LogP contribution >= 0.6 is 11.8 Å². The Bertz CT molecular complexity index is 1120. The van der Waals surface area contributed by atoms with Crippen LogP contribution in [0.4, 0.5) is 11.4 Å². The number of pyridine rings is 1.